The van der Waals surface area contributed by atoms with Crippen LogP contribution in [0.1, 0.15) is 5.56 Å². The third-order valence-corrected chi connectivity index (χ3v) is 5.41. The lowest BCUT2D eigenvalue weighted by atomic mass is 10.2. The van der Waals surface area contributed by atoms with Gasteiger partial charge in [-0.1, -0.05) is 41.4 Å². The highest BCUT2D eigenvalue weighted by Crippen LogP contribution is 2.34. The van der Waals surface area contributed by atoms with Gasteiger partial charge >= 0.3 is 0 Å². The van der Waals surface area contributed by atoms with Gasteiger partial charge in [-0.15, -0.1) is 0 Å². The lowest BCUT2D eigenvalue weighted by molar-refractivity contribution is -0.115. The molecular formula is C16H9Cl2IN2OS. The summed E-state index contributed by atoms with van der Waals surface area (Å²) in [4.78, 5) is 17.0. The molecule has 116 valence electrons. The molecule has 1 heterocycles. The predicted molar refractivity (Wildman–Crippen MR) is 106 cm³/mol. The zero-order valence-corrected chi connectivity index (χ0v) is 16.0. The van der Waals surface area contributed by atoms with Crippen LogP contribution >= 0.6 is 57.6 Å². The van der Waals surface area contributed by atoms with Crippen LogP contribution in [0.2, 0.25) is 10.0 Å². The Morgan fingerprint density at radius 2 is 1.87 bits per heavy atom. The molecule has 0 radical (unpaired) electrons. The number of hydrogen-bond acceptors (Lipinski definition) is 3. The average Bonchev–Trinajstić information content (AvgIpc) is 2.86. The molecule has 7 heteroatoms. The van der Waals surface area contributed by atoms with Gasteiger partial charge in [-0.3, -0.25) is 4.79 Å². The maximum Gasteiger partial charge on any atom is 0.264 e. The van der Waals surface area contributed by atoms with Gasteiger partial charge in [0.15, 0.2) is 5.17 Å². The summed E-state index contributed by atoms with van der Waals surface area (Å²) in [6.45, 7) is 0. The van der Waals surface area contributed by atoms with Crippen LogP contribution in [0.5, 0.6) is 0 Å². The van der Waals surface area contributed by atoms with Crippen molar-refractivity contribution in [3.8, 4) is 0 Å². The first-order valence-electron chi connectivity index (χ1n) is 6.52. The zero-order chi connectivity index (χ0) is 16.4. The number of aliphatic imine (C=N–C) groups is 1. The maximum atomic E-state index is 12.1. The molecule has 1 N–H and O–H groups in total. The number of amidine groups is 1. The second-order valence-corrected chi connectivity index (χ2v) is 7.67. The molecule has 0 aromatic heterocycles. The number of carbonyl (C=O) groups is 1. The van der Waals surface area contributed by atoms with Crippen molar-refractivity contribution in [2.24, 2.45) is 4.99 Å². The molecule has 2 aromatic rings. The first kappa shape index (κ1) is 16.8. The smallest absolute Gasteiger partial charge is 0.264 e. The summed E-state index contributed by atoms with van der Waals surface area (Å²) in [7, 11) is 0. The number of carbonyl (C=O) groups excluding carboxylic acids is 1. The van der Waals surface area contributed by atoms with E-state index < -0.39 is 0 Å². The fourth-order valence-electron chi connectivity index (χ4n) is 1.88. The third kappa shape index (κ3) is 4.09. The van der Waals surface area contributed by atoms with Crippen LogP contribution in [0.3, 0.4) is 0 Å². The van der Waals surface area contributed by atoms with E-state index in [0.29, 0.717) is 25.8 Å². The fraction of sp³-hybridized carbons (Fsp3) is 0. The lowest BCUT2D eigenvalue weighted by Gasteiger charge is -2.00. The van der Waals surface area contributed by atoms with Crippen molar-refractivity contribution in [2.75, 3.05) is 0 Å². The van der Waals surface area contributed by atoms with Crippen LogP contribution in [0, 0.1) is 3.57 Å². The lowest BCUT2D eigenvalue weighted by Crippen LogP contribution is -2.19. The van der Waals surface area contributed by atoms with E-state index in [1.165, 1.54) is 11.8 Å². The Kier molecular flexibility index (Phi) is 5.31. The van der Waals surface area contributed by atoms with Crippen molar-refractivity contribution < 1.29 is 4.79 Å². The highest BCUT2D eigenvalue weighted by molar-refractivity contribution is 14.1. The number of rotatable bonds is 2. The van der Waals surface area contributed by atoms with Gasteiger partial charge in [0.05, 0.1) is 20.6 Å². The normalized spacial score (nSPS) is 17.8. The van der Waals surface area contributed by atoms with Gasteiger partial charge in [0.2, 0.25) is 0 Å². The Bertz CT molecular complexity index is 834. The molecule has 3 nitrogen and oxygen atoms in total. The van der Waals surface area contributed by atoms with Gasteiger partial charge in [0, 0.05) is 3.57 Å². The van der Waals surface area contributed by atoms with Crippen LogP contribution in [0.4, 0.5) is 5.69 Å². The molecule has 1 aliphatic rings. The Morgan fingerprint density at radius 3 is 2.61 bits per heavy atom. The average molecular weight is 475 g/mol. The topological polar surface area (TPSA) is 41.5 Å². The summed E-state index contributed by atoms with van der Waals surface area (Å²) in [6.07, 6.45) is 1.83. The van der Waals surface area contributed by atoms with Crippen molar-refractivity contribution in [1.29, 1.82) is 0 Å². The van der Waals surface area contributed by atoms with Gasteiger partial charge in [0.1, 0.15) is 0 Å². The van der Waals surface area contributed by atoms with Crippen LogP contribution < -0.4 is 5.32 Å². The van der Waals surface area contributed by atoms with Crippen molar-refractivity contribution in [3.63, 3.8) is 0 Å². The molecule has 0 atom stereocenters. The summed E-state index contributed by atoms with van der Waals surface area (Å²) in [5.74, 6) is -0.176. The van der Waals surface area contributed by atoms with E-state index in [0.717, 1.165) is 9.13 Å². The van der Waals surface area contributed by atoms with Crippen LogP contribution in [-0.2, 0) is 4.79 Å². The van der Waals surface area contributed by atoms with Gasteiger partial charge < -0.3 is 5.32 Å². The number of halogens is 3. The SMILES string of the molecule is O=C1NC(=Nc2cccc(Cl)c2Cl)S/C1=C\c1ccc(I)cc1. The van der Waals surface area contributed by atoms with Crippen molar-refractivity contribution >= 4 is 80.4 Å². The molecule has 0 unspecified atom stereocenters. The number of benzene rings is 2. The van der Waals surface area contributed by atoms with Crippen molar-refractivity contribution in [2.45, 2.75) is 0 Å². The molecule has 23 heavy (non-hydrogen) atoms. The number of hydrogen-bond donors (Lipinski definition) is 1. The molecule has 1 saturated heterocycles. The number of thioether (sulfide) groups is 1. The van der Waals surface area contributed by atoms with Gasteiger partial charge in [-0.2, -0.15) is 0 Å². The third-order valence-electron chi connectivity index (χ3n) is 2.97. The van der Waals surface area contributed by atoms with E-state index >= 15 is 0 Å². The quantitative estimate of drug-likeness (QED) is 0.461. The molecule has 1 amide bonds. The molecule has 2 aromatic carbocycles. The van der Waals surface area contributed by atoms with Crippen molar-refractivity contribution in [1.82, 2.24) is 5.32 Å². The maximum absolute atomic E-state index is 12.1. The minimum atomic E-state index is -0.176. The second-order valence-electron chi connectivity index (χ2n) is 4.61. The standard InChI is InChI=1S/C16H9Cl2IN2OS/c17-11-2-1-3-12(14(11)18)20-16-21-15(22)13(23-16)8-9-4-6-10(19)7-5-9/h1-8H,(H,20,21,22)/b13-8-. The molecule has 0 spiro atoms. The summed E-state index contributed by atoms with van der Waals surface area (Å²) >= 11 is 15.6. The Balaban J connectivity index is 1.86. The minimum Gasteiger partial charge on any atom is -0.300 e. The number of nitrogens with zero attached hydrogens (tertiary/aromatic N) is 1. The highest BCUT2D eigenvalue weighted by atomic mass is 127. The number of amides is 1. The monoisotopic (exact) mass is 474 g/mol. The van der Waals surface area contributed by atoms with E-state index in [1.807, 2.05) is 30.3 Å². The Morgan fingerprint density at radius 1 is 1.13 bits per heavy atom. The van der Waals surface area contributed by atoms with E-state index in [-0.39, 0.29) is 5.91 Å². The van der Waals surface area contributed by atoms with Gasteiger partial charge in [-0.25, -0.2) is 4.99 Å². The predicted octanol–water partition coefficient (Wildman–Crippen LogP) is 5.49. The summed E-state index contributed by atoms with van der Waals surface area (Å²) in [5, 5.41) is 4.01. The van der Waals surface area contributed by atoms with E-state index in [2.05, 4.69) is 32.9 Å². The first-order valence-corrected chi connectivity index (χ1v) is 9.17. The highest BCUT2D eigenvalue weighted by Gasteiger charge is 2.24. The Hall–Kier alpha value is -1.02. The molecule has 0 bridgehead atoms. The summed E-state index contributed by atoms with van der Waals surface area (Å²) in [6, 6.07) is 13.1. The molecule has 0 aliphatic carbocycles. The number of nitrogens with one attached hydrogen (secondary N) is 1. The largest absolute Gasteiger partial charge is 0.300 e. The zero-order valence-electron chi connectivity index (χ0n) is 11.5. The first-order chi connectivity index (χ1) is 11.0. The van der Waals surface area contributed by atoms with Crippen LogP contribution in [-0.4, -0.2) is 11.1 Å². The van der Waals surface area contributed by atoms with Gasteiger partial charge in [0.25, 0.3) is 5.91 Å². The molecule has 1 fully saturated rings. The van der Waals surface area contributed by atoms with E-state index in [4.69, 9.17) is 23.2 Å². The summed E-state index contributed by atoms with van der Waals surface area (Å²) < 4.78 is 1.14. The van der Waals surface area contributed by atoms with E-state index in [1.54, 1.807) is 18.2 Å². The van der Waals surface area contributed by atoms with Crippen molar-refractivity contribution in [3.05, 3.63) is 66.5 Å². The molecule has 1 aliphatic heterocycles. The molecule has 0 saturated carbocycles. The Labute approximate surface area is 161 Å². The van der Waals surface area contributed by atoms with Crippen LogP contribution in [0.15, 0.2) is 52.4 Å². The summed E-state index contributed by atoms with van der Waals surface area (Å²) in [5.41, 5.74) is 1.49. The minimum absolute atomic E-state index is 0.176. The second kappa shape index (κ2) is 7.25. The van der Waals surface area contributed by atoms with Gasteiger partial charge in [-0.05, 0) is 70.3 Å². The van der Waals surface area contributed by atoms with Crippen LogP contribution in [0.25, 0.3) is 6.08 Å². The van der Waals surface area contributed by atoms with E-state index in [9.17, 15) is 4.79 Å². The fourth-order valence-corrected chi connectivity index (χ4v) is 3.41. The molecule has 3 rings (SSSR count). The molecular weight excluding hydrogens is 466 g/mol.